The van der Waals surface area contributed by atoms with Gasteiger partial charge in [0.25, 0.3) is 0 Å². The summed E-state index contributed by atoms with van der Waals surface area (Å²) >= 11 is 5.97. The van der Waals surface area contributed by atoms with Gasteiger partial charge in [0.05, 0.1) is 10.6 Å². The maximum atomic E-state index is 11.6. The second kappa shape index (κ2) is 5.46. The Balaban J connectivity index is 2.08. The van der Waals surface area contributed by atoms with E-state index in [4.69, 9.17) is 16.3 Å². The Morgan fingerprint density at radius 1 is 1.56 bits per heavy atom. The Morgan fingerprint density at radius 2 is 2.28 bits per heavy atom. The first-order valence-electron chi connectivity index (χ1n) is 5.60. The highest BCUT2D eigenvalue weighted by Gasteiger charge is 2.29. The Bertz CT molecular complexity index is 486. The van der Waals surface area contributed by atoms with Crippen molar-refractivity contribution in [2.24, 2.45) is 5.92 Å². The molecule has 0 spiro atoms. The van der Waals surface area contributed by atoms with E-state index < -0.39 is 0 Å². The molecule has 0 radical (unpaired) electrons. The summed E-state index contributed by atoms with van der Waals surface area (Å²) in [5.74, 6) is 0.177. The van der Waals surface area contributed by atoms with Crippen molar-refractivity contribution in [3.63, 3.8) is 0 Å². The number of amides is 1. The smallest absolute Gasteiger partial charge is 0.228 e. The van der Waals surface area contributed by atoms with Gasteiger partial charge in [-0.1, -0.05) is 11.6 Å². The van der Waals surface area contributed by atoms with Gasteiger partial charge in [-0.25, -0.2) is 4.98 Å². The molecule has 1 aliphatic rings. The summed E-state index contributed by atoms with van der Waals surface area (Å²) in [7, 11) is 1.43. The van der Waals surface area contributed by atoms with E-state index in [1.54, 1.807) is 0 Å². The van der Waals surface area contributed by atoms with E-state index >= 15 is 0 Å². The maximum Gasteiger partial charge on any atom is 0.228 e. The summed E-state index contributed by atoms with van der Waals surface area (Å²) < 4.78 is 4.74. The number of carbonyl (C=O) groups excluding carboxylic acids is 2. The zero-order valence-electron chi connectivity index (χ0n) is 9.90. The highest BCUT2D eigenvalue weighted by molar-refractivity contribution is 6.34. The van der Waals surface area contributed by atoms with Crippen molar-refractivity contribution in [2.75, 3.05) is 19.0 Å². The van der Waals surface area contributed by atoms with Gasteiger partial charge in [-0.2, -0.15) is 0 Å². The van der Waals surface area contributed by atoms with Crippen LogP contribution in [0.3, 0.4) is 0 Å². The molecule has 6 heteroatoms. The zero-order chi connectivity index (χ0) is 13.1. The number of rotatable bonds is 5. The SMILES string of the molecule is COCC(=O)c1cnc(NC(=O)C2CC2)cc1Cl. The highest BCUT2D eigenvalue weighted by Crippen LogP contribution is 2.30. The van der Waals surface area contributed by atoms with Crippen molar-refractivity contribution in [3.05, 3.63) is 22.8 Å². The van der Waals surface area contributed by atoms with Crippen molar-refractivity contribution in [2.45, 2.75) is 12.8 Å². The monoisotopic (exact) mass is 268 g/mol. The minimum atomic E-state index is -0.241. The number of nitrogens with zero attached hydrogens (tertiary/aromatic N) is 1. The topological polar surface area (TPSA) is 68.3 Å². The van der Waals surface area contributed by atoms with Crippen molar-refractivity contribution in [1.82, 2.24) is 4.98 Å². The Labute approximate surface area is 109 Å². The van der Waals surface area contributed by atoms with Gasteiger partial charge < -0.3 is 10.1 Å². The Morgan fingerprint density at radius 3 is 2.83 bits per heavy atom. The second-order valence-corrected chi connectivity index (χ2v) is 4.58. The van der Waals surface area contributed by atoms with Gasteiger partial charge in [0, 0.05) is 25.3 Å². The molecule has 0 bridgehead atoms. The van der Waals surface area contributed by atoms with Gasteiger partial charge in [-0.3, -0.25) is 9.59 Å². The van der Waals surface area contributed by atoms with Crippen LogP contribution in [0.25, 0.3) is 0 Å². The highest BCUT2D eigenvalue weighted by atomic mass is 35.5. The van der Waals surface area contributed by atoms with Crippen molar-refractivity contribution in [3.8, 4) is 0 Å². The summed E-state index contributed by atoms with van der Waals surface area (Å²) in [5, 5.41) is 2.93. The first-order chi connectivity index (χ1) is 8.61. The minimum absolute atomic E-state index is 0.0464. The number of Topliss-reactive ketones (excluding diaryl/α,β-unsaturated/α-hetero) is 1. The molecule has 0 unspecified atom stereocenters. The van der Waals surface area contributed by atoms with Gasteiger partial charge in [-0.15, -0.1) is 0 Å². The summed E-state index contributed by atoms with van der Waals surface area (Å²) in [6.07, 6.45) is 3.19. The fourth-order valence-electron chi connectivity index (χ4n) is 1.49. The van der Waals surface area contributed by atoms with Crippen LogP contribution in [0.2, 0.25) is 5.02 Å². The summed E-state index contributed by atoms with van der Waals surface area (Å²) in [6, 6.07) is 1.48. The number of aromatic nitrogens is 1. The molecule has 1 aromatic heterocycles. The number of nitrogens with one attached hydrogen (secondary N) is 1. The molecule has 0 atom stereocenters. The molecule has 1 saturated carbocycles. The van der Waals surface area contributed by atoms with Gasteiger partial charge >= 0.3 is 0 Å². The normalized spacial score (nSPS) is 14.3. The summed E-state index contributed by atoms with van der Waals surface area (Å²) in [5.41, 5.74) is 0.294. The van der Waals surface area contributed by atoms with Crippen LogP contribution in [0.4, 0.5) is 5.82 Å². The van der Waals surface area contributed by atoms with E-state index in [0.29, 0.717) is 11.4 Å². The third-order valence-electron chi connectivity index (χ3n) is 2.63. The van der Waals surface area contributed by atoms with E-state index in [9.17, 15) is 9.59 Å². The quantitative estimate of drug-likeness (QED) is 0.829. The molecule has 2 rings (SSSR count). The minimum Gasteiger partial charge on any atom is -0.377 e. The molecule has 0 aromatic carbocycles. The zero-order valence-corrected chi connectivity index (χ0v) is 10.7. The predicted molar refractivity (Wildman–Crippen MR) is 66.8 cm³/mol. The molecule has 1 N–H and O–H groups in total. The molecule has 0 saturated heterocycles. The fraction of sp³-hybridized carbons (Fsp3) is 0.417. The van der Waals surface area contributed by atoms with Crippen LogP contribution in [0.1, 0.15) is 23.2 Å². The van der Waals surface area contributed by atoms with Crippen molar-refractivity contribution >= 4 is 29.1 Å². The maximum absolute atomic E-state index is 11.6. The third kappa shape index (κ3) is 3.05. The van der Waals surface area contributed by atoms with Gasteiger partial charge in [0.1, 0.15) is 12.4 Å². The van der Waals surface area contributed by atoms with Crippen LogP contribution in [0.5, 0.6) is 0 Å². The molecule has 5 nitrogen and oxygen atoms in total. The lowest BCUT2D eigenvalue weighted by atomic mass is 10.2. The number of methoxy groups -OCH3 is 1. The molecule has 1 heterocycles. The van der Waals surface area contributed by atoms with Crippen molar-refractivity contribution < 1.29 is 14.3 Å². The Kier molecular flexibility index (Phi) is 3.93. The second-order valence-electron chi connectivity index (χ2n) is 4.17. The first-order valence-corrected chi connectivity index (χ1v) is 5.98. The number of ketones is 1. The van der Waals surface area contributed by atoms with Crippen LogP contribution in [-0.4, -0.2) is 30.4 Å². The number of halogens is 1. The number of carbonyl (C=O) groups is 2. The number of hydrogen-bond donors (Lipinski definition) is 1. The standard InChI is InChI=1S/C12H13ClN2O3/c1-18-6-10(16)8-5-14-11(4-9(8)13)15-12(17)7-2-3-7/h4-5,7H,2-3,6H2,1H3,(H,14,15,17). The van der Waals surface area contributed by atoms with Crippen LogP contribution in [-0.2, 0) is 9.53 Å². The molecular formula is C12H13ClN2O3. The fourth-order valence-corrected chi connectivity index (χ4v) is 1.74. The van der Waals surface area contributed by atoms with E-state index in [1.165, 1.54) is 19.4 Å². The largest absolute Gasteiger partial charge is 0.377 e. The lowest BCUT2D eigenvalue weighted by Crippen LogP contribution is -2.15. The summed E-state index contributed by atoms with van der Waals surface area (Å²) in [6.45, 7) is -0.0464. The van der Waals surface area contributed by atoms with Crippen LogP contribution < -0.4 is 5.32 Å². The predicted octanol–water partition coefficient (Wildman–Crippen LogP) is 1.91. The number of anilines is 1. The van der Waals surface area contributed by atoms with Crippen LogP contribution >= 0.6 is 11.6 Å². The number of hydrogen-bond acceptors (Lipinski definition) is 4. The van der Waals surface area contributed by atoms with Gasteiger partial charge in [0.2, 0.25) is 5.91 Å². The number of pyridine rings is 1. The lowest BCUT2D eigenvalue weighted by molar-refractivity contribution is -0.117. The van der Waals surface area contributed by atoms with Crippen LogP contribution in [0, 0.1) is 5.92 Å². The average Bonchev–Trinajstić information content (AvgIpc) is 3.13. The van der Waals surface area contributed by atoms with E-state index in [2.05, 4.69) is 10.3 Å². The molecule has 1 aromatic rings. The van der Waals surface area contributed by atoms with Gasteiger partial charge in [-0.05, 0) is 12.8 Å². The molecule has 1 aliphatic carbocycles. The molecule has 0 aliphatic heterocycles. The molecule has 1 fully saturated rings. The average molecular weight is 269 g/mol. The van der Waals surface area contributed by atoms with Crippen LogP contribution in [0.15, 0.2) is 12.3 Å². The molecular weight excluding hydrogens is 256 g/mol. The number of ether oxygens (including phenoxy) is 1. The first kappa shape index (κ1) is 13.0. The van der Waals surface area contributed by atoms with E-state index in [0.717, 1.165) is 12.8 Å². The van der Waals surface area contributed by atoms with E-state index in [1.807, 2.05) is 0 Å². The van der Waals surface area contributed by atoms with Gasteiger partial charge in [0.15, 0.2) is 5.78 Å². The lowest BCUT2D eigenvalue weighted by Gasteiger charge is -2.06. The Hall–Kier alpha value is -1.46. The van der Waals surface area contributed by atoms with E-state index in [-0.39, 0.29) is 29.2 Å². The molecule has 18 heavy (non-hydrogen) atoms. The molecule has 96 valence electrons. The third-order valence-corrected chi connectivity index (χ3v) is 2.94. The van der Waals surface area contributed by atoms with Crippen molar-refractivity contribution in [1.29, 1.82) is 0 Å². The summed E-state index contributed by atoms with van der Waals surface area (Å²) in [4.78, 5) is 27.1. The molecule has 1 amide bonds.